The monoisotopic (exact) mass is 568 g/mol. The largest absolute Gasteiger partial charge is 0.458 e. The number of esters is 1. The number of hydrogen-bond donors (Lipinski definition) is 3. The fourth-order valence-electron chi connectivity index (χ4n) is 3.00. The Labute approximate surface area is 223 Å². The number of carbonyl (C=O) groups is 4. The molecule has 0 aliphatic carbocycles. The number of aromatic nitrogens is 1. The summed E-state index contributed by atoms with van der Waals surface area (Å²) >= 11 is 6.46. The number of halogens is 1. The van der Waals surface area contributed by atoms with Crippen molar-refractivity contribution in [3.63, 3.8) is 0 Å². The van der Waals surface area contributed by atoms with Gasteiger partial charge in [-0.15, -0.1) is 22.9 Å². The molecule has 0 spiro atoms. The number of anilines is 1. The lowest BCUT2D eigenvalue weighted by molar-refractivity contribution is -0.384. The molecule has 3 rings (SSSR count). The van der Waals surface area contributed by atoms with Crippen LogP contribution in [0.5, 0.6) is 0 Å². The van der Waals surface area contributed by atoms with Gasteiger partial charge in [0.1, 0.15) is 24.2 Å². The third-order valence-corrected chi connectivity index (χ3v) is 5.86. The SMILES string of the molecule is COCC1NC(=O)C1NC(=O)/C(=N\OCC(=O)OCc1ccc([N+](=O)[O-])cc1)c1csc(NC(=O)CCl)n1. The molecule has 38 heavy (non-hydrogen) atoms. The predicted octanol–water partition coefficient (Wildman–Crippen LogP) is 0.322. The maximum atomic E-state index is 12.9. The number of rotatable bonds is 13. The number of ether oxygens (including phenoxy) is 2. The Hall–Kier alpha value is -4.15. The zero-order valence-electron chi connectivity index (χ0n) is 19.7. The zero-order chi connectivity index (χ0) is 27.7. The molecule has 1 aliphatic rings. The number of alkyl halides is 1. The van der Waals surface area contributed by atoms with Crippen LogP contribution >= 0.6 is 22.9 Å². The van der Waals surface area contributed by atoms with E-state index in [0.717, 1.165) is 11.3 Å². The molecular formula is C21H21ClN6O9S. The van der Waals surface area contributed by atoms with Crippen LogP contribution in [0.3, 0.4) is 0 Å². The quantitative estimate of drug-likeness (QED) is 0.0754. The Kier molecular flexibility index (Phi) is 10.0. The number of non-ortho nitro benzene ring substituents is 1. The first kappa shape index (κ1) is 28.4. The van der Waals surface area contributed by atoms with Crippen molar-refractivity contribution in [2.45, 2.75) is 18.7 Å². The Morgan fingerprint density at radius 3 is 2.66 bits per heavy atom. The molecule has 0 bridgehead atoms. The van der Waals surface area contributed by atoms with E-state index in [1.807, 2.05) is 0 Å². The first-order chi connectivity index (χ1) is 18.2. The smallest absolute Gasteiger partial charge is 0.347 e. The lowest BCUT2D eigenvalue weighted by Gasteiger charge is -2.36. The molecule has 0 radical (unpaired) electrons. The van der Waals surface area contributed by atoms with Crippen molar-refractivity contribution < 1.29 is 38.4 Å². The fourth-order valence-corrected chi connectivity index (χ4v) is 3.78. The van der Waals surface area contributed by atoms with Gasteiger partial charge in [0.05, 0.1) is 17.6 Å². The number of benzene rings is 1. The standard InChI is InChI=1S/C21H21ClN6O9S/c1-35-8-13-17(19(31)23-13)26-20(32)18(14-10-38-21(24-14)25-15(29)6-22)27-37-9-16(30)36-7-11-2-4-12(5-3-11)28(33)34/h2-5,10,13,17H,6-9H2,1H3,(H,23,31)(H,26,32)(H,24,25,29)/b27-18-. The highest BCUT2D eigenvalue weighted by Crippen LogP contribution is 2.17. The zero-order valence-corrected chi connectivity index (χ0v) is 21.2. The van der Waals surface area contributed by atoms with E-state index in [0.29, 0.717) is 5.56 Å². The van der Waals surface area contributed by atoms with Gasteiger partial charge in [0.15, 0.2) is 10.8 Å². The lowest BCUT2D eigenvalue weighted by Crippen LogP contribution is -2.71. The Morgan fingerprint density at radius 2 is 2.03 bits per heavy atom. The number of nitro groups is 1. The number of methoxy groups -OCH3 is 1. The molecule has 1 aromatic heterocycles. The van der Waals surface area contributed by atoms with Crippen LogP contribution in [0.2, 0.25) is 0 Å². The highest BCUT2D eigenvalue weighted by atomic mass is 35.5. The number of β-lactam (4-membered cyclic amide) rings is 1. The lowest BCUT2D eigenvalue weighted by atomic mass is 9.99. The molecule has 0 saturated carbocycles. The molecule has 1 aliphatic heterocycles. The average Bonchev–Trinajstić information content (AvgIpc) is 3.36. The molecular weight excluding hydrogens is 548 g/mol. The Balaban J connectivity index is 1.65. The number of carbonyl (C=O) groups excluding carboxylic acids is 4. The van der Waals surface area contributed by atoms with Crippen molar-refractivity contribution in [2.24, 2.45) is 5.16 Å². The maximum absolute atomic E-state index is 12.9. The van der Waals surface area contributed by atoms with E-state index in [1.165, 1.54) is 36.8 Å². The minimum atomic E-state index is -0.895. The van der Waals surface area contributed by atoms with Gasteiger partial charge < -0.3 is 30.3 Å². The first-order valence-corrected chi connectivity index (χ1v) is 12.1. The summed E-state index contributed by atoms with van der Waals surface area (Å²) in [6, 6.07) is 4.06. The Morgan fingerprint density at radius 1 is 1.29 bits per heavy atom. The topological polar surface area (TPSA) is 200 Å². The van der Waals surface area contributed by atoms with Crippen LogP contribution in [-0.2, 0) is 40.1 Å². The van der Waals surface area contributed by atoms with Crippen molar-refractivity contribution in [2.75, 3.05) is 31.5 Å². The van der Waals surface area contributed by atoms with Crippen LogP contribution in [0.25, 0.3) is 0 Å². The average molecular weight is 569 g/mol. The summed E-state index contributed by atoms with van der Waals surface area (Å²) in [5, 5.41) is 23.5. The fraction of sp³-hybridized carbons (Fsp3) is 0.333. The minimum Gasteiger partial charge on any atom is -0.458 e. The summed E-state index contributed by atoms with van der Waals surface area (Å²) in [6.07, 6.45) is 0. The summed E-state index contributed by atoms with van der Waals surface area (Å²) in [5.41, 5.74) is 0.0288. The molecule has 3 amide bonds. The van der Waals surface area contributed by atoms with Crippen molar-refractivity contribution in [3.05, 3.63) is 51.0 Å². The molecule has 1 aromatic carbocycles. The predicted molar refractivity (Wildman–Crippen MR) is 133 cm³/mol. The number of hydrogen-bond acceptors (Lipinski definition) is 12. The van der Waals surface area contributed by atoms with Crippen molar-refractivity contribution in [1.82, 2.24) is 15.6 Å². The van der Waals surface area contributed by atoms with Gasteiger partial charge in [0.2, 0.25) is 18.4 Å². The van der Waals surface area contributed by atoms with Gasteiger partial charge in [-0.25, -0.2) is 9.78 Å². The van der Waals surface area contributed by atoms with Crippen LogP contribution in [0.15, 0.2) is 34.8 Å². The van der Waals surface area contributed by atoms with Gasteiger partial charge in [-0.3, -0.25) is 24.5 Å². The maximum Gasteiger partial charge on any atom is 0.347 e. The van der Waals surface area contributed by atoms with E-state index >= 15 is 0 Å². The number of nitro benzene ring substituents is 1. The molecule has 2 heterocycles. The van der Waals surface area contributed by atoms with Gasteiger partial charge in [-0.1, -0.05) is 5.16 Å². The number of oxime groups is 1. The van der Waals surface area contributed by atoms with Gasteiger partial charge in [-0.2, -0.15) is 0 Å². The Bertz CT molecular complexity index is 1240. The van der Waals surface area contributed by atoms with Gasteiger partial charge in [0, 0.05) is 24.6 Å². The number of thiazole rings is 1. The summed E-state index contributed by atoms with van der Waals surface area (Å²) in [5.74, 6) is -2.91. The third kappa shape index (κ3) is 7.67. The summed E-state index contributed by atoms with van der Waals surface area (Å²) < 4.78 is 10.0. The van der Waals surface area contributed by atoms with E-state index in [2.05, 4.69) is 26.1 Å². The molecule has 2 unspecified atom stereocenters. The van der Waals surface area contributed by atoms with E-state index in [-0.39, 0.29) is 41.3 Å². The normalized spacial score (nSPS) is 16.6. The molecule has 17 heteroatoms. The van der Waals surface area contributed by atoms with Crippen LogP contribution in [0.1, 0.15) is 11.3 Å². The first-order valence-electron chi connectivity index (χ1n) is 10.7. The number of nitrogens with one attached hydrogen (secondary N) is 3. The van der Waals surface area contributed by atoms with E-state index in [9.17, 15) is 29.3 Å². The third-order valence-electron chi connectivity index (χ3n) is 4.86. The minimum absolute atomic E-state index is 0.000331. The summed E-state index contributed by atoms with van der Waals surface area (Å²) in [4.78, 5) is 67.7. The second-order valence-corrected chi connectivity index (χ2v) is 8.66. The highest BCUT2D eigenvalue weighted by Gasteiger charge is 2.41. The highest BCUT2D eigenvalue weighted by molar-refractivity contribution is 7.14. The molecule has 2 atom stereocenters. The molecule has 3 N–H and O–H groups in total. The molecule has 15 nitrogen and oxygen atoms in total. The van der Waals surface area contributed by atoms with Crippen LogP contribution < -0.4 is 16.0 Å². The number of nitrogens with zero attached hydrogens (tertiary/aromatic N) is 3. The number of amides is 3. The molecule has 1 fully saturated rings. The van der Waals surface area contributed by atoms with Gasteiger partial charge in [0.25, 0.3) is 11.6 Å². The van der Waals surface area contributed by atoms with Crippen molar-refractivity contribution in [3.8, 4) is 0 Å². The van der Waals surface area contributed by atoms with Gasteiger partial charge in [-0.05, 0) is 17.7 Å². The second kappa shape index (κ2) is 13.4. The summed E-state index contributed by atoms with van der Waals surface area (Å²) in [7, 11) is 1.44. The van der Waals surface area contributed by atoms with Crippen LogP contribution in [0, 0.1) is 10.1 Å². The van der Waals surface area contributed by atoms with Crippen molar-refractivity contribution in [1.29, 1.82) is 0 Å². The van der Waals surface area contributed by atoms with Crippen molar-refractivity contribution >= 4 is 63.2 Å². The molecule has 2 aromatic rings. The second-order valence-electron chi connectivity index (χ2n) is 7.54. The van der Waals surface area contributed by atoms with E-state index in [4.69, 9.17) is 25.9 Å². The molecule has 202 valence electrons. The summed E-state index contributed by atoms with van der Waals surface area (Å²) in [6.45, 7) is -0.698. The van der Waals surface area contributed by atoms with Crippen LogP contribution in [0.4, 0.5) is 10.8 Å². The van der Waals surface area contributed by atoms with Gasteiger partial charge >= 0.3 is 5.97 Å². The van der Waals surface area contributed by atoms with E-state index in [1.54, 1.807) is 0 Å². The molecule has 1 saturated heterocycles. The van der Waals surface area contributed by atoms with Crippen LogP contribution in [-0.4, -0.2) is 77.6 Å². The van der Waals surface area contributed by atoms with E-state index < -0.39 is 47.3 Å².